The molecule has 0 unspecified atom stereocenters. The molecule has 0 atom stereocenters. The molecule has 0 saturated heterocycles. The summed E-state index contributed by atoms with van der Waals surface area (Å²) in [6.07, 6.45) is 1.88. The van der Waals surface area contributed by atoms with E-state index in [1.165, 1.54) is 78.6 Å². The number of thiophene rings is 2. The summed E-state index contributed by atoms with van der Waals surface area (Å²) in [6.45, 7) is 4.45. The minimum Gasteiger partial charge on any atom is -0.236 e. The first kappa shape index (κ1) is 34.3. The highest BCUT2D eigenvalue weighted by Gasteiger charge is 2.15. The molecule has 0 spiro atoms. The predicted molar refractivity (Wildman–Crippen MR) is 254 cm³/mol. The number of aliphatic imine (C=N–C) groups is 2. The van der Waals surface area contributed by atoms with Crippen molar-refractivity contribution in [2.24, 2.45) is 9.98 Å². The van der Waals surface area contributed by atoms with E-state index in [1.54, 1.807) is 0 Å². The zero-order chi connectivity index (χ0) is 38.6. The molecule has 0 saturated carbocycles. The quantitative estimate of drug-likeness (QED) is 0.0913. The van der Waals surface area contributed by atoms with Crippen LogP contribution in [-0.2, 0) is 0 Å². The Morgan fingerprint density at radius 3 is 1.93 bits per heavy atom. The van der Waals surface area contributed by atoms with E-state index >= 15 is 0 Å². The number of benzene rings is 9. The van der Waals surface area contributed by atoms with Crippen LogP contribution in [0.5, 0.6) is 0 Å². The van der Waals surface area contributed by atoms with E-state index < -0.39 is 0 Å². The highest BCUT2D eigenvalue weighted by Crippen LogP contribution is 2.43. The fourth-order valence-electron chi connectivity index (χ4n) is 8.27. The number of fused-ring (bicyclic) bond motifs is 9. The first-order chi connectivity index (χ1) is 28.6. The maximum atomic E-state index is 5.10. The number of hydrogen-bond donors (Lipinski definition) is 0. The van der Waals surface area contributed by atoms with Crippen LogP contribution in [0.4, 0.5) is 0 Å². The van der Waals surface area contributed by atoms with E-state index in [0.717, 1.165) is 22.3 Å². The van der Waals surface area contributed by atoms with E-state index in [0.29, 0.717) is 11.5 Å². The maximum absolute atomic E-state index is 5.10. The van der Waals surface area contributed by atoms with Gasteiger partial charge in [0.15, 0.2) is 5.84 Å². The minimum absolute atomic E-state index is 0.625. The van der Waals surface area contributed by atoms with Gasteiger partial charge >= 0.3 is 0 Å². The second-order valence-electron chi connectivity index (χ2n) is 14.6. The van der Waals surface area contributed by atoms with Gasteiger partial charge in [0.1, 0.15) is 0 Å². The summed E-state index contributed by atoms with van der Waals surface area (Å²) in [5, 5.41) is 10.1. The molecule has 0 aliphatic carbocycles. The average Bonchev–Trinajstić information content (AvgIpc) is 3.85. The fraction of sp³-hybridized carbons (Fsp3) is 0. The summed E-state index contributed by atoms with van der Waals surface area (Å²) in [4.78, 5) is 10.0. The predicted octanol–water partition coefficient (Wildman–Crippen LogP) is 15.6. The van der Waals surface area contributed by atoms with Crippen LogP contribution in [0.3, 0.4) is 0 Å². The largest absolute Gasteiger partial charge is 0.236 e. The fourth-order valence-corrected chi connectivity index (χ4v) is 10.5. The lowest BCUT2D eigenvalue weighted by Crippen LogP contribution is -1.99. The Morgan fingerprint density at radius 2 is 1.07 bits per heavy atom. The summed E-state index contributed by atoms with van der Waals surface area (Å²) < 4.78 is 5.09. The van der Waals surface area contributed by atoms with E-state index in [4.69, 9.17) is 9.98 Å². The Balaban J connectivity index is 0.975. The Hall–Kier alpha value is -6.98. The lowest BCUT2D eigenvalue weighted by Gasteiger charge is -2.12. The van der Waals surface area contributed by atoms with Crippen LogP contribution in [-0.4, -0.2) is 12.1 Å². The van der Waals surface area contributed by atoms with E-state index in [2.05, 4.69) is 164 Å². The summed E-state index contributed by atoms with van der Waals surface area (Å²) in [7, 11) is 0. The van der Waals surface area contributed by atoms with Gasteiger partial charge in [-0.2, -0.15) is 0 Å². The number of amidine groups is 1. The molecule has 0 aliphatic heterocycles. The third-order valence-electron chi connectivity index (χ3n) is 11.1. The smallest absolute Gasteiger partial charge is 0.159 e. The van der Waals surface area contributed by atoms with Gasteiger partial charge in [-0.3, -0.25) is 0 Å². The molecule has 0 amide bonds. The van der Waals surface area contributed by atoms with Gasteiger partial charge in [-0.1, -0.05) is 146 Å². The number of rotatable bonds is 6. The first-order valence-corrected chi connectivity index (χ1v) is 21.0. The highest BCUT2D eigenvalue weighted by atomic mass is 32.1. The Labute approximate surface area is 344 Å². The topological polar surface area (TPSA) is 24.7 Å². The van der Waals surface area contributed by atoms with E-state index in [1.807, 2.05) is 59.2 Å². The molecule has 0 radical (unpaired) electrons. The minimum atomic E-state index is 0.625. The van der Waals surface area contributed by atoms with Gasteiger partial charge in [0, 0.05) is 52.1 Å². The van der Waals surface area contributed by atoms with Crippen LogP contribution in [0, 0.1) is 0 Å². The summed E-state index contributed by atoms with van der Waals surface area (Å²) in [5.41, 5.74) is 8.43. The van der Waals surface area contributed by atoms with Gasteiger partial charge in [-0.25, -0.2) is 9.98 Å². The summed E-state index contributed by atoms with van der Waals surface area (Å²) in [6, 6.07) is 67.4. The van der Waals surface area contributed by atoms with Crippen molar-refractivity contribution in [3.05, 3.63) is 211 Å². The van der Waals surface area contributed by atoms with Crippen LogP contribution in [0.1, 0.15) is 16.7 Å². The molecule has 11 rings (SSSR count). The lowest BCUT2D eigenvalue weighted by molar-refractivity contribution is 1.46. The molecule has 2 aromatic heterocycles. The van der Waals surface area contributed by atoms with Crippen molar-refractivity contribution >= 4 is 102 Å². The normalized spacial score (nSPS) is 12.2. The van der Waals surface area contributed by atoms with Crippen molar-refractivity contribution in [3.63, 3.8) is 0 Å². The number of nitrogens with zero attached hydrogens (tertiary/aromatic N) is 2. The van der Waals surface area contributed by atoms with Crippen LogP contribution in [0.15, 0.2) is 205 Å². The Morgan fingerprint density at radius 1 is 0.431 bits per heavy atom. The summed E-state index contributed by atoms with van der Waals surface area (Å²) in [5.74, 6) is 0.625. The van der Waals surface area contributed by atoms with Crippen molar-refractivity contribution in [2.45, 2.75) is 0 Å². The third-order valence-corrected chi connectivity index (χ3v) is 13.4. The molecule has 2 heterocycles. The van der Waals surface area contributed by atoms with Gasteiger partial charge in [-0.15, -0.1) is 22.7 Å². The first-order valence-electron chi connectivity index (χ1n) is 19.4. The Bertz CT molecular complexity index is 3460. The van der Waals surface area contributed by atoms with Crippen molar-refractivity contribution in [3.8, 4) is 22.3 Å². The maximum Gasteiger partial charge on any atom is 0.159 e. The molecule has 0 bridgehead atoms. The van der Waals surface area contributed by atoms with E-state index in [-0.39, 0.29) is 0 Å². The second-order valence-corrected chi connectivity index (χ2v) is 16.8. The molecule has 2 nitrogen and oxygen atoms in total. The van der Waals surface area contributed by atoms with Crippen molar-refractivity contribution < 1.29 is 0 Å². The molecule has 58 heavy (non-hydrogen) atoms. The van der Waals surface area contributed by atoms with Crippen LogP contribution >= 0.6 is 22.7 Å². The molecule has 0 aliphatic rings. The van der Waals surface area contributed by atoms with Crippen LogP contribution in [0.25, 0.3) is 89.8 Å². The van der Waals surface area contributed by atoms with Crippen LogP contribution < -0.4 is 0 Å². The van der Waals surface area contributed by atoms with Crippen LogP contribution in [0.2, 0.25) is 0 Å². The van der Waals surface area contributed by atoms with Gasteiger partial charge in [0.25, 0.3) is 0 Å². The summed E-state index contributed by atoms with van der Waals surface area (Å²) >= 11 is 3.66. The van der Waals surface area contributed by atoms with Gasteiger partial charge in [0.2, 0.25) is 0 Å². The number of hydrogen-bond acceptors (Lipinski definition) is 3. The SMILES string of the molecule is C=C(N=C(N=Cc1ccccc1)c1ccc2sc3ccccc3c2c1)c1ccc(-c2cccc3sc4ccc(-c5cc6ccccc6c6ccccc56)cc4c23)cc1. The standard InChI is InChI=1S/C54H34N2S2/c1-34(56-54(55-33-35-12-3-2-4-13-35)40-27-29-50-47(32-40)45-18-9-10-20-49(45)57-50)36-22-24-37(25-23-36)42-19-11-21-52-53(42)48-31-39(26-28-51(48)58-52)46-30-38-14-5-6-15-41(38)43-16-7-8-17-44(43)46/h2-33H,1H2. The van der Waals surface area contributed by atoms with Gasteiger partial charge in [0.05, 0.1) is 5.70 Å². The highest BCUT2D eigenvalue weighted by molar-refractivity contribution is 7.26. The molecule has 0 fully saturated rings. The zero-order valence-electron chi connectivity index (χ0n) is 31.4. The van der Waals surface area contributed by atoms with Crippen molar-refractivity contribution in [1.29, 1.82) is 0 Å². The third kappa shape index (κ3) is 6.02. The van der Waals surface area contributed by atoms with Gasteiger partial charge < -0.3 is 0 Å². The molecule has 272 valence electrons. The monoisotopic (exact) mass is 774 g/mol. The Kier molecular flexibility index (Phi) is 8.39. The molecular weight excluding hydrogens is 741 g/mol. The molecule has 0 N–H and O–H groups in total. The molecule has 9 aromatic carbocycles. The van der Waals surface area contributed by atoms with Crippen molar-refractivity contribution in [1.82, 2.24) is 0 Å². The van der Waals surface area contributed by atoms with E-state index in [9.17, 15) is 0 Å². The van der Waals surface area contributed by atoms with Crippen molar-refractivity contribution in [2.75, 3.05) is 0 Å². The second kappa shape index (κ2) is 14.2. The van der Waals surface area contributed by atoms with Gasteiger partial charge in [-0.05, 0) is 103 Å². The molecule has 11 aromatic rings. The average molecular weight is 775 g/mol. The lowest BCUT2D eigenvalue weighted by atomic mass is 9.92. The molecule has 4 heteroatoms. The molecular formula is C54H34N2S2. The zero-order valence-corrected chi connectivity index (χ0v) is 33.0.